The second-order valence-corrected chi connectivity index (χ2v) is 6.25. The Hall–Kier alpha value is -0.510. The van der Waals surface area contributed by atoms with Gasteiger partial charge in [-0.3, -0.25) is 0 Å². The summed E-state index contributed by atoms with van der Waals surface area (Å²) in [6.45, 7) is 2.61. The van der Waals surface area contributed by atoms with E-state index in [1.165, 1.54) is 0 Å². The average Bonchev–Trinajstić information content (AvgIpc) is 2.40. The first-order valence-electron chi connectivity index (χ1n) is 5.93. The summed E-state index contributed by atoms with van der Waals surface area (Å²) in [5.74, 6) is 0.837. The van der Waals surface area contributed by atoms with Crippen LogP contribution in [-0.2, 0) is 0 Å². The second-order valence-electron chi connectivity index (χ2n) is 4.04. The van der Waals surface area contributed by atoms with Gasteiger partial charge >= 0.3 is 0 Å². The number of alkyl halides is 1. The van der Waals surface area contributed by atoms with Gasteiger partial charge in [0.05, 0.1) is 16.5 Å². The van der Waals surface area contributed by atoms with Crippen molar-refractivity contribution in [3.63, 3.8) is 0 Å². The summed E-state index contributed by atoms with van der Waals surface area (Å²) in [5.41, 5.74) is 2.10. The van der Waals surface area contributed by atoms with Crippen LogP contribution in [-0.4, -0.2) is 6.61 Å². The summed E-state index contributed by atoms with van der Waals surface area (Å²) in [5, 5.41) is -0.176. The van der Waals surface area contributed by atoms with Crippen LogP contribution in [0.5, 0.6) is 5.75 Å². The van der Waals surface area contributed by atoms with E-state index in [1.54, 1.807) is 0 Å². The standard InChI is InChI=1S/C15H13Br2ClO/c1-2-19-14-7-6-11(9-13(14)17)15(18)10-4-3-5-12(16)8-10/h3-9,15H,2H2,1H3. The molecule has 0 heterocycles. The molecule has 0 radical (unpaired) electrons. The molecule has 19 heavy (non-hydrogen) atoms. The number of ether oxygens (including phenoxy) is 1. The van der Waals surface area contributed by atoms with Gasteiger partial charge in [0.2, 0.25) is 0 Å². The van der Waals surface area contributed by atoms with Crippen LogP contribution < -0.4 is 4.74 Å². The first kappa shape index (κ1) is 14.9. The minimum Gasteiger partial charge on any atom is -0.493 e. The topological polar surface area (TPSA) is 9.23 Å². The Balaban J connectivity index is 2.29. The molecule has 0 amide bonds. The minimum atomic E-state index is -0.176. The predicted molar refractivity (Wildman–Crippen MR) is 87.1 cm³/mol. The zero-order valence-corrected chi connectivity index (χ0v) is 14.3. The number of hydrogen-bond donors (Lipinski definition) is 0. The maximum atomic E-state index is 6.52. The van der Waals surface area contributed by atoms with Crippen molar-refractivity contribution >= 4 is 43.5 Å². The Bertz CT molecular complexity index is 572. The third-order valence-electron chi connectivity index (χ3n) is 2.69. The van der Waals surface area contributed by atoms with E-state index in [-0.39, 0.29) is 5.38 Å². The van der Waals surface area contributed by atoms with Gasteiger partial charge in [0.1, 0.15) is 5.75 Å². The average molecular weight is 405 g/mol. The molecule has 0 saturated heterocycles. The van der Waals surface area contributed by atoms with Crippen molar-refractivity contribution in [1.82, 2.24) is 0 Å². The highest BCUT2D eigenvalue weighted by Crippen LogP contribution is 2.34. The largest absolute Gasteiger partial charge is 0.493 e. The molecule has 0 aliphatic carbocycles. The fourth-order valence-electron chi connectivity index (χ4n) is 1.80. The maximum absolute atomic E-state index is 6.52. The van der Waals surface area contributed by atoms with E-state index in [1.807, 2.05) is 49.4 Å². The van der Waals surface area contributed by atoms with Gasteiger partial charge in [0.15, 0.2) is 0 Å². The Kier molecular flexibility index (Phi) is 5.31. The molecule has 0 aliphatic heterocycles. The van der Waals surface area contributed by atoms with Crippen LogP contribution in [0.25, 0.3) is 0 Å². The SMILES string of the molecule is CCOc1ccc(C(Cl)c2cccc(Br)c2)cc1Br. The van der Waals surface area contributed by atoms with Crippen molar-refractivity contribution in [2.45, 2.75) is 12.3 Å². The van der Waals surface area contributed by atoms with Crippen molar-refractivity contribution in [2.75, 3.05) is 6.61 Å². The Labute approximate surface area is 135 Å². The van der Waals surface area contributed by atoms with E-state index in [0.29, 0.717) is 6.61 Å². The molecule has 1 atom stereocenters. The van der Waals surface area contributed by atoms with Gasteiger partial charge in [-0.05, 0) is 58.2 Å². The predicted octanol–water partition coefficient (Wildman–Crippen LogP) is 5.94. The molecule has 0 N–H and O–H groups in total. The molecule has 0 aliphatic rings. The summed E-state index contributed by atoms with van der Waals surface area (Å²) in [4.78, 5) is 0. The molecular formula is C15H13Br2ClO. The number of benzene rings is 2. The molecular weight excluding hydrogens is 391 g/mol. The van der Waals surface area contributed by atoms with Crippen LogP contribution >= 0.6 is 43.5 Å². The lowest BCUT2D eigenvalue weighted by molar-refractivity contribution is 0.338. The van der Waals surface area contributed by atoms with E-state index in [9.17, 15) is 0 Å². The Morgan fingerprint density at radius 1 is 1.11 bits per heavy atom. The highest BCUT2D eigenvalue weighted by atomic mass is 79.9. The second kappa shape index (κ2) is 6.78. The third-order valence-corrected chi connectivity index (χ3v) is 4.31. The Morgan fingerprint density at radius 2 is 1.84 bits per heavy atom. The molecule has 0 bridgehead atoms. The lowest BCUT2D eigenvalue weighted by atomic mass is 10.0. The van der Waals surface area contributed by atoms with E-state index >= 15 is 0 Å². The zero-order chi connectivity index (χ0) is 13.8. The van der Waals surface area contributed by atoms with Crippen LogP contribution in [0.2, 0.25) is 0 Å². The van der Waals surface area contributed by atoms with Gasteiger partial charge in [-0.25, -0.2) is 0 Å². The quantitative estimate of drug-likeness (QED) is 0.573. The first-order chi connectivity index (χ1) is 9.11. The van der Waals surface area contributed by atoms with E-state index < -0.39 is 0 Å². The first-order valence-corrected chi connectivity index (χ1v) is 7.96. The minimum absolute atomic E-state index is 0.176. The lowest BCUT2D eigenvalue weighted by Crippen LogP contribution is -1.96. The van der Waals surface area contributed by atoms with Crippen molar-refractivity contribution in [2.24, 2.45) is 0 Å². The van der Waals surface area contributed by atoms with Gasteiger partial charge in [-0.1, -0.05) is 34.1 Å². The molecule has 100 valence electrons. The molecule has 2 aromatic rings. The summed E-state index contributed by atoms with van der Waals surface area (Å²) < 4.78 is 7.45. The van der Waals surface area contributed by atoms with Crippen molar-refractivity contribution < 1.29 is 4.74 Å². The molecule has 1 unspecified atom stereocenters. The number of rotatable bonds is 4. The Morgan fingerprint density at radius 3 is 2.47 bits per heavy atom. The molecule has 1 nitrogen and oxygen atoms in total. The molecule has 2 rings (SSSR count). The van der Waals surface area contributed by atoms with E-state index in [2.05, 4.69) is 31.9 Å². The van der Waals surface area contributed by atoms with Crippen LogP contribution in [0, 0.1) is 0 Å². The van der Waals surface area contributed by atoms with Crippen LogP contribution in [0.4, 0.5) is 0 Å². The summed E-state index contributed by atoms with van der Waals surface area (Å²) >= 11 is 13.5. The van der Waals surface area contributed by atoms with Crippen LogP contribution in [0.3, 0.4) is 0 Å². The fourth-order valence-corrected chi connectivity index (χ4v) is 3.00. The highest BCUT2D eigenvalue weighted by molar-refractivity contribution is 9.10. The van der Waals surface area contributed by atoms with Gasteiger partial charge in [-0.2, -0.15) is 0 Å². The van der Waals surface area contributed by atoms with Crippen LogP contribution in [0.1, 0.15) is 23.4 Å². The smallest absolute Gasteiger partial charge is 0.133 e. The molecule has 0 saturated carbocycles. The van der Waals surface area contributed by atoms with Crippen LogP contribution in [0.15, 0.2) is 51.4 Å². The van der Waals surface area contributed by atoms with Gasteiger partial charge in [-0.15, -0.1) is 11.6 Å². The number of halogens is 3. The highest BCUT2D eigenvalue weighted by Gasteiger charge is 2.13. The molecule has 0 spiro atoms. The van der Waals surface area contributed by atoms with E-state index in [4.69, 9.17) is 16.3 Å². The molecule has 4 heteroatoms. The summed E-state index contributed by atoms with van der Waals surface area (Å²) in [7, 11) is 0. The molecule has 0 aromatic heterocycles. The number of hydrogen-bond acceptors (Lipinski definition) is 1. The summed E-state index contributed by atoms with van der Waals surface area (Å²) in [6, 6.07) is 14.0. The normalized spacial score (nSPS) is 12.2. The van der Waals surface area contributed by atoms with Crippen molar-refractivity contribution in [1.29, 1.82) is 0 Å². The van der Waals surface area contributed by atoms with Crippen molar-refractivity contribution in [3.8, 4) is 5.75 Å². The monoisotopic (exact) mass is 402 g/mol. The van der Waals surface area contributed by atoms with Gasteiger partial charge < -0.3 is 4.74 Å². The van der Waals surface area contributed by atoms with Crippen molar-refractivity contribution in [3.05, 3.63) is 62.5 Å². The zero-order valence-electron chi connectivity index (χ0n) is 10.4. The van der Waals surface area contributed by atoms with Gasteiger partial charge in [0, 0.05) is 4.47 Å². The lowest BCUT2D eigenvalue weighted by Gasteiger charge is -2.13. The molecule has 2 aromatic carbocycles. The molecule has 0 fully saturated rings. The third kappa shape index (κ3) is 3.74. The maximum Gasteiger partial charge on any atom is 0.133 e. The van der Waals surface area contributed by atoms with Gasteiger partial charge in [0.25, 0.3) is 0 Å². The summed E-state index contributed by atoms with van der Waals surface area (Å²) in [6.07, 6.45) is 0. The fraction of sp³-hybridized carbons (Fsp3) is 0.200. The van der Waals surface area contributed by atoms with E-state index in [0.717, 1.165) is 25.8 Å².